The van der Waals surface area contributed by atoms with Gasteiger partial charge < -0.3 is 4.55 Å². The molecule has 3 rings (SSSR count). The molecular formula is C15H17N3O3S. The quantitative estimate of drug-likeness (QED) is 0.500. The summed E-state index contributed by atoms with van der Waals surface area (Å²) in [7, 11) is -0.376. The summed E-state index contributed by atoms with van der Waals surface area (Å²) >= 11 is 0. The van der Waals surface area contributed by atoms with Gasteiger partial charge in [0, 0.05) is 0 Å². The van der Waals surface area contributed by atoms with Gasteiger partial charge in [0.2, 0.25) is 0 Å². The zero-order valence-corrected chi connectivity index (χ0v) is 13.4. The number of benzene rings is 2. The minimum absolute atomic E-state index is 0.178. The molecule has 116 valence electrons. The van der Waals surface area contributed by atoms with E-state index >= 15 is 0 Å². The second-order valence-electron chi connectivity index (χ2n) is 4.89. The van der Waals surface area contributed by atoms with Gasteiger partial charge in [-0.25, -0.2) is 8.42 Å². The van der Waals surface area contributed by atoms with Gasteiger partial charge in [-0.15, -0.1) is 9.36 Å². The lowest BCUT2D eigenvalue weighted by Gasteiger charge is -2.05. The van der Waals surface area contributed by atoms with Crippen molar-refractivity contribution in [2.45, 2.75) is 11.8 Å². The number of rotatable bonds is 1. The zero-order valence-electron chi connectivity index (χ0n) is 12.6. The van der Waals surface area contributed by atoms with Crippen LogP contribution in [0, 0.1) is 6.92 Å². The van der Waals surface area contributed by atoms with Crippen LogP contribution in [-0.4, -0.2) is 22.9 Å². The smallest absolute Gasteiger partial charge is 0.197 e. The van der Waals surface area contributed by atoms with Gasteiger partial charge in [-0.2, -0.15) is 0 Å². The van der Waals surface area contributed by atoms with E-state index in [0.29, 0.717) is 0 Å². The molecule has 0 spiro atoms. The van der Waals surface area contributed by atoms with Crippen LogP contribution >= 0.6 is 0 Å². The van der Waals surface area contributed by atoms with Crippen LogP contribution in [0.3, 0.4) is 0 Å². The number of nitrogens with zero attached hydrogens (tertiary/aromatic N) is 3. The molecule has 0 aliphatic rings. The van der Waals surface area contributed by atoms with E-state index in [0.717, 1.165) is 16.6 Å². The summed E-state index contributed by atoms with van der Waals surface area (Å²) in [6.45, 7) is 1.82. The molecule has 7 heteroatoms. The minimum atomic E-state index is -4.27. The molecule has 0 aliphatic carbocycles. The van der Waals surface area contributed by atoms with Crippen molar-refractivity contribution in [2.24, 2.45) is 14.1 Å². The Morgan fingerprint density at radius 3 is 2.23 bits per heavy atom. The van der Waals surface area contributed by atoms with Gasteiger partial charge >= 0.3 is 0 Å². The Morgan fingerprint density at radius 1 is 1.09 bits per heavy atom. The Morgan fingerprint density at radius 2 is 1.68 bits per heavy atom. The van der Waals surface area contributed by atoms with Crippen molar-refractivity contribution >= 4 is 21.2 Å². The van der Waals surface area contributed by atoms with Crippen LogP contribution in [0.25, 0.3) is 11.0 Å². The van der Waals surface area contributed by atoms with E-state index in [1.54, 1.807) is 12.1 Å². The Bertz CT molecular complexity index is 848. The fourth-order valence-electron chi connectivity index (χ4n) is 2.01. The van der Waals surface area contributed by atoms with Gasteiger partial charge in [0.15, 0.2) is 11.0 Å². The Labute approximate surface area is 129 Å². The van der Waals surface area contributed by atoms with Gasteiger partial charge in [-0.3, -0.25) is 0 Å². The average Bonchev–Trinajstić information content (AvgIpc) is 2.75. The molecule has 3 aromatic rings. The summed E-state index contributed by atoms with van der Waals surface area (Å²) < 4.78 is 34.9. The van der Waals surface area contributed by atoms with E-state index in [1.807, 2.05) is 42.5 Å². The summed E-state index contributed by atoms with van der Waals surface area (Å²) in [6, 6.07) is 13.9. The molecule has 22 heavy (non-hydrogen) atoms. The summed E-state index contributed by atoms with van der Waals surface area (Å²) in [4.78, 5) is -0.178. The molecule has 2 aromatic carbocycles. The topological polar surface area (TPSA) is 78.9 Å². The summed E-state index contributed by atoms with van der Waals surface area (Å²) in [5.41, 5.74) is 3.25. The third-order valence-corrected chi connectivity index (χ3v) is 4.01. The third-order valence-electron chi connectivity index (χ3n) is 3.16. The maximum absolute atomic E-state index is 10.4. The summed E-state index contributed by atoms with van der Waals surface area (Å²) in [5, 5.41) is 4.22. The Hall–Kier alpha value is -2.25. The Balaban J connectivity index is 0.000000160. The highest BCUT2D eigenvalue weighted by atomic mass is 32.2. The van der Waals surface area contributed by atoms with Gasteiger partial charge in [-0.05, 0) is 31.2 Å². The maximum Gasteiger partial charge on any atom is 0.197 e. The lowest BCUT2D eigenvalue weighted by atomic mass is 10.2. The molecule has 0 saturated heterocycles. The first-order chi connectivity index (χ1) is 10.3. The molecule has 0 unspecified atom stereocenters. The molecule has 6 nitrogen and oxygen atoms in total. The highest BCUT2D eigenvalue weighted by molar-refractivity contribution is 7.85. The van der Waals surface area contributed by atoms with E-state index in [4.69, 9.17) is 0 Å². The normalized spacial score (nSPS) is 11.1. The largest absolute Gasteiger partial charge is 0.744 e. The number of hydrogen-bond acceptors (Lipinski definition) is 4. The van der Waals surface area contributed by atoms with E-state index in [9.17, 15) is 13.0 Å². The van der Waals surface area contributed by atoms with E-state index in [2.05, 4.69) is 17.3 Å². The van der Waals surface area contributed by atoms with Crippen LogP contribution in [0.15, 0.2) is 53.4 Å². The minimum Gasteiger partial charge on any atom is -0.744 e. The highest BCUT2D eigenvalue weighted by Gasteiger charge is 2.09. The van der Waals surface area contributed by atoms with Gasteiger partial charge in [0.25, 0.3) is 0 Å². The van der Waals surface area contributed by atoms with Crippen LogP contribution in [0.1, 0.15) is 5.56 Å². The zero-order chi connectivity index (χ0) is 16.3. The van der Waals surface area contributed by atoms with Crippen molar-refractivity contribution in [3.63, 3.8) is 0 Å². The SMILES string of the molecule is Cc1ccc(S(=O)(=O)[O-])cc1.Cn1n[n+](C)c2ccccc21. The summed E-state index contributed by atoms with van der Waals surface area (Å²) in [6.07, 6.45) is 0. The molecule has 0 aliphatic heterocycles. The number of fused-ring (bicyclic) bond motifs is 1. The van der Waals surface area contributed by atoms with Crippen molar-refractivity contribution in [3.8, 4) is 0 Å². The van der Waals surface area contributed by atoms with E-state index in [-0.39, 0.29) is 4.90 Å². The molecule has 0 radical (unpaired) electrons. The fourth-order valence-corrected chi connectivity index (χ4v) is 2.48. The van der Waals surface area contributed by atoms with Crippen molar-refractivity contribution in [1.29, 1.82) is 0 Å². The molecule has 0 saturated carbocycles. The number of para-hydroxylation sites is 2. The predicted octanol–water partition coefficient (Wildman–Crippen LogP) is 1.30. The molecule has 0 atom stereocenters. The third kappa shape index (κ3) is 3.69. The van der Waals surface area contributed by atoms with Gasteiger partial charge in [0.1, 0.15) is 24.2 Å². The Kier molecular flexibility index (Phi) is 4.58. The highest BCUT2D eigenvalue weighted by Crippen LogP contribution is 2.08. The van der Waals surface area contributed by atoms with Crippen molar-refractivity contribution in [3.05, 3.63) is 54.1 Å². The molecule has 0 amide bonds. The molecular weight excluding hydrogens is 302 g/mol. The number of hydrogen-bond donors (Lipinski definition) is 0. The van der Waals surface area contributed by atoms with Crippen molar-refractivity contribution < 1.29 is 17.7 Å². The first-order valence-electron chi connectivity index (χ1n) is 6.59. The molecule has 1 aromatic heterocycles. The molecule has 1 heterocycles. The molecule has 0 N–H and O–H groups in total. The summed E-state index contributed by atoms with van der Waals surface area (Å²) in [5.74, 6) is 0. The first kappa shape index (κ1) is 16.1. The maximum atomic E-state index is 10.4. The van der Waals surface area contributed by atoms with Crippen LogP contribution < -0.4 is 4.68 Å². The second-order valence-corrected chi connectivity index (χ2v) is 6.27. The second kappa shape index (κ2) is 6.25. The van der Waals surface area contributed by atoms with Crippen LogP contribution in [-0.2, 0) is 24.2 Å². The first-order valence-corrected chi connectivity index (χ1v) is 8.00. The number of aryl methyl sites for hydroxylation is 3. The number of aromatic nitrogens is 3. The van der Waals surface area contributed by atoms with Crippen LogP contribution in [0.2, 0.25) is 0 Å². The van der Waals surface area contributed by atoms with E-state index < -0.39 is 10.1 Å². The fraction of sp³-hybridized carbons (Fsp3) is 0.200. The van der Waals surface area contributed by atoms with Gasteiger partial charge in [0.05, 0.1) is 10.1 Å². The standard InChI is InChI=1S/C8H10N3.C7H8O3S/c1-10-7-5-3-4-6-8(7)11(2)9-10;1-6-2-4-7(5-3-6)11(8,9)10/h3-6H,1-2H3;2-5H,1H3,(H,8,9,10)/q+1;/p-1. The van der Waals surface area contributed by atoms with Gasteiger partial charge in [-0.1, -0.05) is 29.8 Å². The van der Waals surface area contributed by atoms with Crippen molar-refractivity contribution in [1.82, 2.24) is 9.90 Å². The lowest BCUT2D eigenvalue weighted by Crippen LogP contribution is -2.31. The van der Waals surface area contributed by atoms with Crippen LogP contribution in [0.4, 0.5) is 0 Å². The van der Waals surface area contributed by atoms with E-state index in [1.165, 1.54) is 12.1 Å². The lowest BCUT2D eigenvalue weighted by molar-refractivity contribution is -0.708. The monoisotopic (exact) mass is 319 g/mol. The molecule has 0 fully saturated rings. The predicted molar refractivity (Wildman–Crippen MR) is 81.0 cm³/mol. The average molecular weight is 319 g/mol. The van der Waals surface area contributed by atoms with Crippen LogP contribution in [0.5, 0.6) is 0 Å². The van der Waals surface area contributed by atoms with Crippen molar-refractivity contribution in [2.75, 3.05) is 0 Å². The molecule has 0 bridgehead atoms.